The molecule has 3 aromatic rings. The second-order valence-electron chi connectivity index (χ2n) is 8.13. The van der Waals surface area contributed by atoms with Crippen molar-refractivity contribution < 1.29 is 9.53 Å². The number of benzene rings is 3. The largest absolute Gasteiger partial charge is 0.465 e. The summed E-state index contributed by atoms with van der Waals surface area (Å²) in [5, 5.41) is 12.1. The van der Waals surface area contributed by atoms with Crippen molar-refractivity contribution in [3.63, 3.8) is 0 Å². The van der Waals surface area contributed by atoms with Gasteiger partial charge >= 0.3 is 5.97 Å². The molecule has 0 aromatic heterocycles. The van der Waals surface area contributed by atoms with Crippen LogP contribution < -0.4 is 4.90 Å². The van der Waals surface area contributed by atoms with Gasteiger partial charge in [-0.1, -0.05) is 60.7 Å². The number of piperidine rings is 1. The average molecular weight is 413 g/mol. The molecule has 3 aromatic carbocycles. The molecule has 1 aliphatic heterocycles. The molecule has 1 saturated heterocycles. The van der Waals surface area contributed by atoms with Crippen LogP contribution in [0, 0.1) is 23.2 Å². The maximum absolute atomic E-state index is 12.2. The van der Waals surface area contributed by atoms with E-state index in [1.54, 1.807) is 6.92 Å². The van der Waals surface area contributed by atoms with E-state index in [0.717, 1.165) is 32.4 Å². The van der Waals surface area contributed by atoms with E-state index in [1.165, 1.54) is 27.6 Å². The van der Waals surface area contributed by atoms with Gasteiger partial charge in [0.05, 0.1) is 12.7 Å². The van der Waals surface area contributed by atoms with Crippen molar-refractivity contribution >= 4 is 22.4 Å². The van der Waals surface area contributed by atoms with E-state index in [2.05, 4.69) is 71.6 Å². The number of hydrogen-bond acceptors (Lipinski definition) is 4. The van der Waals surface area contributed by atoms with Crippen LogP contribution in [-0.2, 0) is 16.0 Å². The Bertz CT molecular complexity index is 1080. The predicted molar refractivity (Wildman–Crippen MR) is 124 cm³/mol. The predicted octanol–water partition coefficient (Wildman–Crippen LogP) is 5.35. The molecule has 1 unspecified atom stereocenters. The van der Waals surface area contributed by atoms with Gasteiger partial charge in [-0.15, -0.1) is 0 Å². The molecule has 1 atom stereocenters. The van der Waals surface area contributed by atoms with E-state index in [9.17, 15) is 10.1 Å². The number of anilines is 1. The summed E-state index contributed by atoms with van der Waals surface area (Å²) in [5.41, 5.74) is 3.89. The van der Waals surface area contributed by atoms with Gasteiger partial charge in [-0.2, -0.15) is 5.26 Å². The summed E-state index contributed by atoms with van der Waals surface area (Å²) in [6, 6.07) is 25.7. The van der Waals surface area contributed by atoms with Crippen LogP contribution in [0.3, 0.4) is 0 Å². The van der Waals surface area contributed by atoms with Crippen molar-refractivity contribution in [2.24, 2.45) is 11.8 Å². The maximum Gasteiger partial charge on any atom is 0.323 e. The summed E-state index contributed by atoms with van der Waals surface area (Å²) in [7, 11) is 0. The molecular formula is C27H28N2O2. The van der Waals surface area contributed by atoms with E-state index >= 15 is 0 Å². The highest BCUT2D eigenvalue weighted by molar-refractivity contribution is 5.90. The van der Waals surface area contributed by atoms with Gasteiger partial charge in [-0.05, 0) is 53.6 Å². The second-order valence-corrected chi connectivity index (χ2v) is 8.13. The molecule has 4 rings (SSSR count). The molecule has 0 radical (unpaired) electrons. The van der Waals surface area contributed by atoms with Crippen LogP contribution in [0.1, 0.15) is 30.9 Å². The summed E-state index contributed by atoms with van der Waals surface area (Å²) < 4.78 is 5.12. The van der Waals surface area contributed by atoms with E-state index in [-0.39, 0.29) is 11.9 Å². The number of ether oxygens (including phenoxy) is 1. The quantitative estimate of drug-likeness (QED) is 0.512. The van der Waals surface area contributed by atoms with Crippen LogP contribution >= 0.6 is 0 Å². The smallest absolute Gasteiger partial charge is 0.323 e. The third-order valence-electron chi connectivity index (χ3n) is 6.27. The van der Waals surface area contributed by atoms with Gasteiger partial charge < -0.3 is 9.64 Å². The number of rotatable bonds is 6. The van der Waals surface area contributed by atoms with Crippen LogP contribution in [0.25, 0.3) is 10.8 Å². The lowest BCUT2D eigenvalue weighted by Crippen LogP contribution is -2.38. The molecule has 1 aliphatic rings. The molecule has 4 nitrogen and oxygen atoms in total. The Morgan fingerprint density at radius 2 is 1.77 bits per heavy atom. The number of nitrogens with zero attached hydrogens (tertiary/aromatic N) is 2. The number of hydrogen-bond donors (Lipinski definition) is 0. The normalized spacial score (nSPS) is 15.4. The summed E-state index contributed by atoms with van der Waals surface area (Å²) in [6.45, 7) is 3.77. The molecule has 0 bridgehead atoms. The summed E-state index contributed by atoms with van der Waals surface area (Å²) in [6.07, 6.45) is 2.50. The van der Waals surface area contributed by atoms with Crippen LogP contribution in [0.5, 0.6) is 0 Å². The fourth-order valence-electron chi connectivity index (χ4n) is 4.66. The van der Waals surface area contributed by atoms with Crippen LogP contribution in [0.4, 0.5) is 5.69 Å². The SMILES string of the molecule is CCOC(=O)C(C#N)C1CCN(c2ccc3ccccc3c2Cc2ccccc2)CC1. The molecule has 0 amide bonds. The first kappa shape index (κ1) is 20.9. The topological polar surface area (TPSA) is 53.3 Å². The fraction of sp³-hybridized carbons (Fsp3) is 0.333. The first-order chi connectivity index (χ1) is 15.2. The van der Waals surface area contributed by atoms with E-state index < -0.39 is 5.92 Å². The zero-order valence-electron chi connectivity index (χ0n) is 18.0. The Morgan fingerprint density at radius 3 is 2.48 bits per heavy atom. The lowest BCUT2D eigenvalue weighted by atomic mass is 9.84. The number of nitriles is 1. The molecule has 0 spiro atoms. The standard InChI is InChI=1S/C27H28N2O2/c1-2-31-27(30)25(19-28)22-14-16-29(17-15-22)26-13-12-21-10-6-7-11-23(21)24(26)18-20-8-4-3-5-9-20/h3-13,22,25H,2,14-18H2,1H3. The average Bonchev–Trinajstić information content (AvgIpc) is 2.81. The molecular weight excluding hydrogens is 384 g/mol. The van der Waals surface area contributed by atoms with Crippen LogP contribution in [0.2, 0.25) is 0 Å². The highest BCUT2D eigenvalue weighted by Gasteiger charge is 2.33. The Morgan fingerprint density at radius 1 is 1.06 bits per heavy atom. The van der Waals surface area contributed by atoms with Crippen LogP contribution in [-0.4, -0.2) is 25.7 Å². The molecule has 0 N–H and O–H groups in total. The number of carbonyl (C=O) groups is 1. The van der Waals surface area contributed by atoms with Crippen molar-refractivity contribution in [3.05, 3.63) is 77.9 Å². The Hall–Kier alpha value is -3.32. The van der Waals surface area contributed by atoms with Crippen molar-refractivity contribution in [2.75, 3.05) is 24.6 Å². The molecule has 31 heavy (non-hydrogen) atoms. The minimum absolute atomic E-state index is 0.0540. The van der Waals surface area contributed by atoms with Gasteiger partial charge in [0.2, 0.25) is 0 Å². The molecule has 1 heterocycles. The highest BCUT2D eigenvalue weighted by Crippen LogP contribution is 2.35. The summed E-state index contributed by atoms with van der Waals surface area (Å²) in [4.78, 5) is 14.6. The second kappa shape index (κ2) is 9.66. The van der Waals surface area contributed by atoms with Gasteiger partial charge in [0.25, 0.3) is 0 Å². The van der Waals surface area contributed by atoms with Gasteiger partial charge in [-0.3, -0.25) is 4.79 Å². The highest BCUT2D eigenvalue weighted by atomic mass is 16.5. The first-order valence-electron chi connectivity index (χ1n) is 11.1. The van der Waals surface area contributed by atoms with Gasteiger partial charge in [0.1, 0.15) is 5.92 Å². The van der Waals surface area contributed by atoms with Gasteiger partial charge in [0.15, 0.2) is 0 Å². The number of fused-ring (bicyclic) bond motifs is 1. The molecule has 0 aliphatic carbocycles. The third-order valence-corrected chi connectivity index (χ3v) is 6.27. The third kappa shape index (κ3) is 4.56. The summed E-state index contributed by atoms with van der Waals surface area (Å²) in [5.74, 6) is -0.986. The Kier molecular flexibility index (Phi) is 6.52. The first-order valence-corrected chi connectivity index (χ1v) is 11.1. The lowest BCUT2D eigenvalue weighted by molar-refractivity contribution is -0.147. The molecule has 158 valence electrons. The minimum atomic E-state index is -0.664. The molecule has 1 fully saturated rings. The van der Waals surface area contributed by atoms with Crippen molar-refractivity contribution in [1.29, 1.82) is 5.26 Å². The van der Waals surface area contributed by atoms with Gasteiger partial charge in [0, 0.05) is 25.2 Å². The van der Waals surface area contributed by atoms with Crippen molar-refractivity contribution in [1.82, 2.24) is 0 Å². The zero-order chi connectivity index (χ0) is 21.6. The number of esters is 1. The minimum Gasteiger partial charge on any atom is -0.465 e. The maximum atomic E-state index is 12.2. The van der Waals surface area contributed by atoms with E-state index in [0.29, 0.717) is 6.61 Å². The van der Waals surface area contributed by atoms with E-state index in [1.807, 2.05) is 6.07 Å². The summed E-state index contributed by atoms with van der Waals surface area (Å²) >= 11 is 0. The lowest BCUT2D eigenvalue weighted by Gasteiger charge is -2.36. The van der Waals surface area contributed by atoms with Crippen molar-refractivity contribution in [3.8, 4) is 6.07 Å². The molecule has 4 heteroatoms. The fourth-order valence-corrected chi connectivity index (χ4v) is 4.66. The van der Waals surface area contributed by atoms with Crippen LogP contribution in [0.15, 0.2) is 66.7 Å². The molecule has 0 saturated carbocycles. The van der Waals surface area contributed by atoms with Gasteiger partial charge in [-0.25, -0.2) is 0 Å². The Balaban J connectivity index is 1.59. The van der Waals surface area contributed by atoms with E-state index in [4.69, 9.17) is 4.74 Å². The number of carbonyl (C=O) groups excluding carboxylic acids is 1. The monoisotopic (exact) mass is 412 g/mol. The Labute approximate surface area is 184 Å². The van der Waals surface area contributed by atoms with Crippen molar-refractivity contribution in [2.45, 2.75) is 26.2 Å². The zero-order valence-corrected chi connectivity index (χ0v) is 18.0.